The van der Waals surface area contributed by atoms with E-state index in [1.807, 2.05) is 19.1 Å². The molecule has 1 atom stereocenters. The molecule has 0 aromatic heterocycles. The minimum atomic E-state index is -0.858. The number of aryl methyl sites for hydroxylation is 1. The Hall–Kier alpha value is -3.02. The molecule has 1 saturated heterocycles. The van der Waals surface area contributed by atoms with Gasteiger partial charge in [-0.2, -0.15) is 0 Å². The molecule has 1 amide bonds. The Morgan fingerprint density at radius 2 is 1.57 bits per heavy atom. The predicted octanol–water partition coefficient (Wildman–Crippen LogP) is 4.05. The van der Waals surface area contributed by atoms with Gasteiger partial charge in [0.1, 0.15) is 5.82 Å². The first kappa shape index (κ1) is 21.7. The van der Waals surface area contributed by atoms with Gasteiger partial charge in [0.25, 0.3) is 5.91 Å². The molecule has 0 spiro atoms. The van der Waals surface area contributed by atoms with Crippen LogP contribution in [0.2, 0.25) is 0 Å². The summed E-state index contributed by atoms with van der Waals surface area (Å²) in [5.41, 5.74) is 2.08. The molecule has 0 unspecified atom stereocenters. The van der Waals surface area contributed by atoms with Gasteiger partial charge in [-0.15, -0.1) is 0 Å². The van der Waals surface area contributed by atoms with E-state index >= 15 is 0 Å². The summed E-state index contributed by atoms with van der Waals surface area (Å²) in [5.74, 6) is -1.55. The number of likely N-dealkylation sites (tertiary alicyclic amines) is 1. The fraction of sp³-hybridized carbons (Fsp3) is 0.375. The van der Waals surface area contributed by atoms with Crippen LogP contribution in [0.4, 0.5) is 4.39 Å². The van der Waals surface area contributed by atoms with Crippen LogP contribution in [0.3, 0.4) is 0 Å². The number of esters is 1. The van der Waals surface area contributed by atoms with Crippen molar-refractivity contribution in [2.24, 2.45) is 5.92 Å². The van der Waals surface area contributed by atoms with Gasteiger partial charge in [-0.05, 0) is 56.0 Å². The van der Waals surface area contributed by atoms with E-state index in [4.69, 9.17) is 4.74 Å². The van der Waals surface area contributed by atoms with Crippen LogP contribution in [0.5, 0.6) is 0 Å². The Morgan fingerprint density at radius 1 is 1.00 bits per heavy atom. The minimum Gasteiger partial charge on any atom is -0.454 e. The lowest BCUT2D eigenvalue weighted by Gasteiger charge is -2.31. The van der Waals surface area contributed by atoms with Crippen LogP contribution >= 0.6 is 0 Å². The van der Waals surface area contributed by atoms with E-state index in [-0.39, 0.29) is 17.6 Å². The summed E-state index contributed by atoms with van der Waals surface area (Å²) in [6, 6.07) is 12.7. The van der Waals surface area contributed by atoms with Gasteiger partial charge in [-0.3, -0.25) is 14.4 Å². The van der Waals surface area contributed by atoms with E-state index in [1.165, 1.54) is 24.3 Å². The standard InChI is InChI=1S/C24H26FNO4/c1-3-17-4-6-18(7-5-17)22(27)16(2)30-24(29)20-12-14-26(15-13-20)23(28)19-8-10-21(25)11-9-19/h4-11,16,20H,3,12-15H2,1-2H3/t16-/m0/s1. The fourth-order valence-electron chi connectivity index (χ4n) is 3.56. The highest BCUT2D eigenvalue weighted by molar-refractivity contribution is 6.00. The van der Waals surface area contributed by atoms with Gasteiger partial charge in [0.15, 0.2) is 6.10 Å². The number of rotatable bonds is 6. The third-order valence-corrected chi connectivity index (χ3v) is 5.52. The van der Waals surface area contributed by atoms with E-state index in [1.54, 1.807) is 24.0 Å². The molecule has 2 aromatic rings. The molecule has 1 aliphatic rings. The Kier molecular flexibility index (Phi) is 6.98. The van der Waals surface area contributed by atoms with Crippen LogP contribution < -0.4 is 0 Å². The Labute approximate surface area is 175 Å². The number of amides is 1. The highest BCUT2D eigenvalue weighted by Crippen LogP contribution is 2.22. The highest BCUT2D eigenvalue weighted by atomic mass is 19.1. The molecule has 3 rings (SSSR count). The van der Waals surface area contributed by atoms with Gasteiger partial charge in [0.05, 0.1) is 5.92 Å². The molecule has 2 aromatic carbocycles. The number of carbonyl (C=O) groups excluding carboxylic acids is 3. The Balaban J connectivity index is 1.51. The third-order valence-electron chi connectivity index (χ3n) is 5.52. The van der Waals surface area contributed by atoms with Crippen molar-refractivity contribution in [3.8, 4) is 0 Å². The van der Waals surface area contributed by atoms with Crippen molar-refractivity contribution in [1.82, 2.24) is 4.90 Å². The average molecular weight is 411 g/mol. The van der Waals surface area contributed by atoms with Crippen molar-refractivity contribution in [2.45, 2.75) is 39.2 Å². The summed E-state index contributed by atoms with van der Waals surface area (Å²) >= 11 is 0. The summed E-state index contributed by atoms with van der Waals surface area (Å²) in [6.45, 7) is 4.45. The number of halogens is 1. The van der Waals surface area contributed by atoms with E-state index in [0.717, 1.165) is 12.0 Å². The molecule has 6 heteroatoms. The quantitative estimate of drug-likeness (QED) is 0.531. The molecule has 158 valence electrons. The smallest absolute Gasteiger partial charge is 0.309 e. The second-order valence-electron chi connectivity index (χ2n) is 7.57. The average Bonchev–Trinajstić information content (AvgIpc) is 2.78. The van der Waals surface area contributed by atoms with Crippen molar-refractivity contribution in [2.75, 3.05) is 13.1 Å². The van der Waals surface area contributed by atoms with Crippen molar-refractivity contribution >= 4 is 17.7 Å². The van der Waals surface area contributed by atoms with E-state index in [9.17, 15) is 18.8 Å². The fourth-order valence-corrected chi connectivity index (χ4v) is 3.56. The maximum atomic E-state index is 13.0. The molecule has 5 nitrogen and oxygen atoms in total. The maximum Gasteiger partial charge on any atom is 0.309 e. The number of ether oxygens (including phenoxy) is 1. The summed E-state index contributed by atoms with van der Waals surface area (Å²) in [5, 5.41) is 0. The number of benzene rings is 2. The van der Waals surface area contributed by atoms with Crippen molar-refractivity contribution < 1.29 is 23.5 Å². The highest BCUT2D eigenvalue weighted by Gasteiger charge is 2.31. The van der Waals surface area contributed by atoms with Gasteiger partial charge in [0.2, 0.25) is 5.78 Å². The number of hydrogen-bond acceptors (Lipinski definition) is 4. The second-order valence-corrected chi connectivity index (χ2v) is 7.57. The first-order chi connectivity index (χ1) is 14.4. The zero-order valence-electron chi connectivity index (χ0n) is 17.3. The minimum absolute atomic E-state index is 0.180. The summed E-state index contributed by atoms with van der Waals surface area (Å²) in [4.78, 5) is 39.2. The van der Waals surface area contributed by atoms with Gasteiger partial charge < -0.3 is 9.64 Å². The lowest BCUT2D eigenvalue weighted by atomic mass is 9.96. The number of Topliss-reactive ketones (excluding diaryl/α,β-unsaturated/α-hetero) is 1. The van der Waals surface area contributed by atoms with Gasteiger partial charge in [-0.1, -0.05) is 31.2 Å². The molecule has 0 aliphatic carbocycles. The molecule has 0 N–H and O–H groups in total. The van der Waals surface area contributed by atoms with Crippen LogP contribution in [0.25, 0.3) is 0 Å². The number of piperidine rings is 1. The molecular weight excluding hydrogens is 385 g/mol. The zero-order valence-corrected chi connectivity index (χ0v) is 17.3. The lowest BCUT2D eigenvalue weighted by molar-refractivity contribution is -0.152. The topological polar surface area (TPSA) is 63.7 Å². The first-order valence-corrected chi connectivity index (χ1v) is 10.3. The Morgan fingerprint density at radius 3 is 2.13 bits per heavy atom. The SMILES string of the molecule is CCc1ccc(C(=O)[C@H](C)OC(=O)C2CCN(C(=O)c3ccc(F)cc3)CC2)cc1. The van der Waals surface area contributed by atoms with Crippen LogP contribution in [-0.4, -0.2) is 41.8 Å². The van der Waals surface area contributed by atoms with E-state index < -0.39 is 17.9 Å². The van der Waals surface area contributed by atoms with Crippen molar-refractivity contribution in [1.29, 1.82) is 0 Å². The Bertz CT molecular complexity index is 900. The summed E-state index contributed by atoms with van der Waals surface area (Å²) < 4.78 is 18.5. The van der Waals surface area contributed by atoms with Crippen LogP contribution in [0.1, 0.15) is 53.0 Å². The molecule has 1 aliphatic heterocycles. The molecule has 0 radical (unpaired) electrons. The van der Waals surface area contributed by atoms with Crippen molar-refractivity contribution in [3.05, 3.63) is 71.0 Å². The van der Waals surface area contributed by atoms with E-state index in [2.05, 4.69) is 0 Å². The van der Waals surface area contributed by atoms with E-state index in [0.29, 0.717) is 37.1 Å². The molecule has 0 bridgehead atoms. The second kappa shape index (κ2) is 9.65. The first-order valence-electron chi connectivity index (χ1n) is 10.3. The molecule has 0 saturated carbocycles. The van der Waals surface area contributed by atoms with Gasteiger partial charge in [0, 0.05) is 24.2 Å². The summed E-state index contributed by atoms with van der Waals surface area (Å²) in [6.07, 6.45) is 0.973. The van der Waals surface area contributed by atoms with Crippen LogP contribution in [0, 0.1) is 11.7 Å². The largest absolute Gasteiger partial charge is 0.454 e. The number of ketones is 1. The predicted molar refractivity (Wildman–Crippen MR) is 111 cm³/mol. The maximum absolute atomic E-state index is 13.0. The van der Waals surface area contributed by atoms with Crippen LogP contribution in [-0.2, 0) is 16.0 Å². The summed E-state index contributed by atoms with van der Waals surface area (Å²) in [7, 11) is 0. The number of hydrogen-bond donors (Lipinski definition) is 0. The molecule has 1 fully saturated rings. The van der Waals surface area contributed by atoms with Crippen LogP contribution in [0.15, 0.2) is 48.5 Å². The van der Waals surface area contributed by atoms with Gasteiger partial charge >= 0.3 is 5.97 Å². The van der Waals surface area contributed by atoms with Crippen molar-refractivity contribution in [3.63, 3.8) is 0 Å². The third kappa shape index (κ3) is 5.12. The lowest BCUT2D eigenvalue weighted by Crippen LogP contribution is -2.41. The monoisotopic (exact) mass is 411 g/mol. The van der Waals surface area contributed by atoms with Gasteiger partial charge in [-0.25, -0.2) is 4.39 Å². The normalized spacial score (nSPS) is 15.5. The number of carbonyl (C=O) groups is 3. The molecular formula is C24H26FNO4. The number of nitrogens with zero attached hydrogens (tertiary/aromatic N) is 1. The zero-order chi connectivity index (χ0) is 21.7. The molecule has 1 heterocycles. The molecule has 30 heavy (non-hydrogen) atoms.